The van der Waals surface area contributed by atoms with E-state index in [1.54, 1.807) is 4.90 Å². The highest BCUT2D eigenvalue weighted by atomic mass is 19.1. The molecule has 1 unspecified atom stereocenters. The Hall–Kier alpha value is -1.57. The van der Waals surface area contributed by atoms with E-state index in [1.807, 2.05) is 11.8 Å². The lowest BCUT2D eigenvalue weighted by atomic mass is 10.1. The molecule has 23 heavy (non-hydrogen) atoms. The van der Waals surface area contributed by atoms with Gasteiger partial charge in [0.1, 0.15) is 11.6 Å². The predicted octanol–water partition coefficient (Wildman–Crippen LogP) is 1.12. The minimum Gasteiger partial charge on any atom is -0.389 e. The highest BCUT2D eigenvalue weighted by Gasteiger charge is 2.25. The highest BCUT2D eigenvalue weighted by Crippen LogP contribution is 2.14. The van der Waals surface area contributed by atoms with Gasteiger partial charge in [0.25, 0.3) is 5.91 Å². The van der Waals surface area contributed by atoms with Gasteiger partial charge in [-0.15, -0.1) is 0 Å². The second kappa shape index (κ2) is 8.33. The molecule has 1 fully saturated rings. The predicted molar refractivity (Wildman–Crippen MR) is 81.2 cm³/mol. The summed E-state index contributed by atoms with van der Waals surface area (Å²) in [6.07, 6.45) is -0.563. The molecule has 7 heteroatoms. The number of hydrogen-bond acceptors (Lipinski definition) is 4. The fourth-order valence-corrected chi connectivity index (χ4v) is 2.57. The number of carbonyl (C=O) groups excluding carboxylic acids is 1. The van der Waals surface area contributed by atoms with E-state index in [2.05, 4.69) is 0 Å². The number of ether oxygens (including phenoxy) is 1. The van der Waals surface area contributed by atoms with Crippen LogP contribution in [0, 0.1) is 11.6 Å². The van der Waals surface area contributed by atoms with Crippen molar-refractivity contribution in [3.05, 3.63) is 35.4 Å². The topological polar surface area (TPSA) is 53.0 Å². The molecule has 2 rings (SSSR count). The van der Waals surface area contributed by atoms with Gasteiger partial charge in [-0.25, -0.2) is 8.78 Å². The molecule has 1 atom stereocenters. The van der Waals surface area contributed by atoms with Crippen molar-refractivity contribution in [2.45, 2.75) is 13.0 Å². The Morgan fingerprint density at radius 1 is 1.30 bits per heavy atom. The number of amides is 1. The molecule has 0 spiro atoms. The number of rotatable bonds is 6. The van der Waals surface area contributed by atoms with Crippen molar-refractivity contribution in [2.24, 2.45) is 0 Å². The molecule has 0 aliphatic carbocycles. The van der Waals surface area contributed by atoms with Crippen molar-refractivity contribution < 1.29 is 23.4 Å². The average Bonchev–Trinajstić information content (AvgIpc) is 2.53. The molecule has 1 aliphatic heterocycles. The zero-order valence-corrected chi connectivity index (χ0v) is 13.2. The normalized spacial score (nSPS) is 17.3. The number of carbonyl (C=O) groups is 1. The number of hydrogen-bond donors (Lipinski definition) is 1. The number of aliphatic hydroxyl groups is 1. The van der Waals surface area contributed by atoms with Crippen molar-refractivity contribution in [2.75, 3.05) is 45.9 Å². The third-order valence-electron chi connectivity index (χ3n) is 3.80. The number of aliphatic hydroxyl groups excluding tert-OH is 1. The molecular formula is C16H22F2N2O3. The first-order valence-electron chi connectivity index (χ1n) is 7.73. The van der Waals surface area contributed by atoms with E-state index >= 15 is 0 Å². The van der Waals surface area contributed by atoms with Gasteiger partial charge < -0.3 is 14.7 Å². The number of halogens is 2. The first-order chi connectivity index (χ1) is 11.0. The molecule has 0 bridgehead atoms. The van der Waals surface area contributed by atoms with Gasteiger partial charge in [0.2, 0.25) is 0 Å². The summed E-state index contributed by atoms with van der Waals surface area (Å²) in [5.41, 5.74) is -0.115. The summed E-state index contributed by atoms with van der Waals surface area (Å²) in [4.78, 5) is 15.9. The molecule has 0 aromatic heterocycles. The van der Waals surface area contributed by atoms with Gasteiger partial charge in [0, 0.05) is 45.4 Å². The van der Waals surface area contributed by atoms with Crippen LogP contribution in [0.1, 0.15) is 17.3 Å². The lowest BCUT2D eigenvalue weighted by Gasteiger charge is -2.35. The monoisotopic (exact) mass is 328 g/mol. The third-order valence-corrected chi connectivity index (χ3v) is 3.80. The van der Waals surface area contributed by atoms with Crippen molar-refractivity contribution in [1.82, 2.24) is 9.80 Å². The van der Waals surface area contributed by atoms with E-state index < -0.39 is 23.6 Å². The van der Waals surface area contributed by atoms with E-state index in [0.717, 1.165) is 6.07 Å². The molecule has 1 aromatic carbocycles. The maximum absolute atomic E-state index is 13.7. The summed E-state index contributed by atoms with van der Waals surface area (Å²) in [5.74, 6) is -1.98. The van der Waals surface area contributed by atoms with Gasteiger partial charge in [-0.2, -0.15) is 0 Å². The average molecular weight is 328 g/mol. The van der Waals surface area contributed by atoms with E-state index in [-0.39, 0.29) is 12.2 Å². The maximum Gasteiger partial charge on any atom is 0.256 e. The van der Waals surface area contributed by atoms with Gasteiger partial charge in [-0.1, -0.05) is 0 Å². The van der Waals surface area contributed by atoms with E-state index in [0.29, 0.717) is 45.4 Å². The van der Waals surface area contributed by atoms with Crippen LogP contribution in [0.15, 0.2) is 18.2 Å². The molecule has 1 amide bonds. The Morgan fingerprint density at radius 2 is 2.00 bits per heavy atom. The van der Waals surface area contributed by atoms with Crippen molar-refractivity contribution in [3.8, 4) is 0 Å². The second-order valence-electron chi connectivity index (χ2n) is 5.53. The van der Waals surface area contributed by atoms with Crippen molar-refractivity contribution >= 4 is 5.91 Å². The Balaban J connectivity index is 1.85. The van der Waals surface area contributed by atoms with Gasteiger partial charge in [0.05, 0.1) is 18.3 Å². The molecular weight excluding hydrogens is 306 g/mol. The molecule has 128 valence electrons. The third kappa shape index (κ3) is 4.95. The van der Waals surface area contributed by atoms with Crippen LogP contribution < -0.4 is 0 Å². The fraction of sp³-hybridized carbons (Fsp3) is 0.562. The molecule has 5 nitrogen and oxygen atoms in total. The van der Waals surface area contributed by atoms with Crippen LogP contribution in [0.5, 0.6) is 0 Å². The van der Waals surface area contributed by atoms with Crippen LogP contribution in [0.25, 0.3) is 0 Å². The van der Waals surface area contributed by atoms with Crippen LogP contribution in [-0.4, -0.2) is 72.9 Å². The molecule has 1 saturated heterocycles. The summed E-state index contributed by atoms with van der Waals surface area (Å²) in [7, 11) is 0. The lowest BCUT2D eigenvalue weighted by Crippen LogP contribution is -2.51. The number of piperazine rings is 1. The molecule has 0 saturated carbocycles. The largest absolute Gasteiger partial charge is 0.389 e. The molecule has 1 aliphatic rings. The SMILES string of the molecule is CCOCC(O)CN1CCN(C(=O)c2ccc(F)cc2F)CC1. The zero-order chi connectivity index (χ0) is 16.8. The van der Waals surface area contributed by atoms with Gasteiger partial charge in [0.15, 0.2) is 0 Å². The highest BCUT2D eigenvalue weighted by molar-refractivity contribution is 5.94. The summed E-state index contributed by atoms with van der Waals surface area (Å²) >= 11 is 0. The minimum atomic E-state index is -0.843. The molecule has 0 radical (unpaired) electrons. The summed E-state index contributed by atoms with van der Waals surface area (Å²) in [5, 5.41) is 9.82. The Morgan fingerprint density at radius 3 is 2.61 bits per heavy atom. The van der Waals surface area contributed by atoms with Gasteiger partial charge >= 0.3 is 0 Å². The minimum absolute atomic E-state index is 0.115. The molecule has 1 heterocycles. The quantitative estimate of drug-likeness (QED) is 0.850. The summed E-state index contributed by atoms with van der Waals surface area (Å²) in [6.45, 7) is 5.26. The van der Waals surface area contributed by atoms with Crippen molar-refractivity contribution in [1.29, 1.82) is 0 Å². The molecule has 1 N–H and O–H groups in total. The first-order valence-corrected chi connectivity index (χ1v) is 7.73. The van der Waals surface area contributed by atoms with Crippen LogP contribution in [-0.2, 0) is 4.74 Å². The van der Waals surface area contributed by atoms with Crippen LogP contribution in [0.4, 0.5) is 8.78 Å². The van der Waals surface area contributed by atoms with E-state index in [1.165, 1.54) is 6.07 Å². The number of benzene rings is 1. The summed E-state index contributed by atoms with van der Waals surface area (Å²) in [6, 6.07) is 2.97. The molecule has 1 aromatic rings. The van der Waals surface area contributed by atoms with Crippen molar-refractivity contribution in [3.63, 3.8) is 0 Å². The smallest absolute Gasteiger partial charge is 0.256 e. The van der Waals surface area contributed by atoms with Crippen LogP contribution in [0.2, 0.25) is 0 Å². The maximum atomic E-state index is 13.7. The van der Waals surface area contributed by atoms with Gasteiger partial charge in [-0.3, -0.25) is 9.69 Å². The lowest BCUT2D eigenvalue weighted by molar-refractivity contribution is 0.0111. The standard InChI is InChI=1S/C16H22F2N2O3/c1-2-23-11-13(21)10-19-5-7-20(8-6-19)16(22)14-4-3-12(17)9-15(14)18/h3-4,9,13,21H,2,5-8,10-11H2,1H3. The number of β-amino-alcohol motifs (C(OH)–C–C–N with tert-alkyl or cyclic N) is 1. The number of nitrogens with zero attached hydrogens (tertiary/aromatic N) is 2. The van der Waals surface area contributed by atoms with E-state index in [9.17, 15) is 18.7 Å². The Bertz CT molecular complexity index is 534. The second-order valence-corrected chi connectivity index (χ2v) is 5.53. The van der Waals surface area contributed by atoms with Gasteiger partial charge in [-0.05, 0) is 19.1 Å². The fourth-order valence-electron chi connectivity index (χ4n) is 2.57. The zero-order valence-electron chi connectivity index (χ0n) is 13.2. The van der Waals surface area contributed by atoms with E-state index in [4.69, 9.17) is 4.74 Å². The Labute approximate surface area is 134 Å². The van der Waals surface area contributed by atoms with Crippen LogP contribution in [0.3, 0.4) is 0 Å². The summed E-state index contributed by atoms with van der Waals surface area (Å²) < 4.78 is 31.8. The van der Waals surface area contributed by atoms with Crippen LogP contribution >= 0.6 is 0 Å². The Kier molecular flexibility index (Phi) is 6.44. The first kappa shape index (κ1) is 17.8.